The molecule has 0 unspecified atom stereocenters. The van der Waals surface area contributed by atoms with Gasteiger partial charge in [-0.2, -0.15) is 5.10 Å². The fourth-order valence-electron chi connectivity index (χ4n) is 2.28. The van der Waals surface area contributed by atoms with Crippen molar-refractivity contribution in [1.29, 1.82) is 0 Å². The van der Waals surface area contributed by atoms with Crippen LogP contribution in [0.2, 0.25) is 10.0 Å². The summed E-state index contributed by atoms with van der Waals surface area (Å²) in [5, 5.41) is 7.10. The predicted octanol–water partition coefficient (Wildman–Crippen LogP) is 4.44. The highest BCUT2D eigenvalue weighted by atomic mass is 35.5. The van der Waals surface area contributed by atoms with Crippen molar-refractivity contribution in [1.82, 2.24) is 5.43 Å². The van der Waals surface area contributed by atoms with E-state index < -0.39 is 18.2 Å². The molecule has 0 saturated heterocycles. The second kappa shape index (κ2) is 11.8. The summed E-state index contributed by atoms with van der Waals surface area (Å²) >= 11 is 11.7. The second-order valence-corrected chi connectivity index (χ2v) is 6.70. The monoisotopic (exact) mass is 449 g/mol. The minimum atomic E-state index is -0.570. The van der Waals surface area contributed by atoms with E-state index in [2.05, 4.69) is 22.4 Å². The van der Waals surface area contributed by atoms with Gasteiger partial charge in [-0.05, 0) is 48.9 Å². The van der Waals surface area contributed by atoms with Gasteiger partial charge in [-0.15, -0.1) is 0 Å². The number of benzene rings is 2. The molecule has 0 fully saturated rings. The highest BCUT2D eigenvalue weighted by Gasteiger charge is 2.10. The largest absolute Gasteiger partial charge is 0.490 e. The smallest absolute Gasteiger partial charge is 0.249 e. The Kier molecular flexibility index (Phi) is 9.18. The van der Waals surface area contributed by atoms with Gasteiger partial charge in [0.1, 0.15) is 13.0 Å². The SMILES string of the molecule is C=CCOc1ccc(/C=N\NC(=O)CC(=O)Nc2ccc(Cl)c(Cl)c2)cc1OCC. The number of rotatable bonds is 10. The van der Waals surface area contributed by atoms with E-state index in [1.807, 2.05) is 6.92 Å². The Balaban J connectivity index is 1.89. The molecule has 0 aliphatic heterocycles. The Morgan fingerprint density at radius 3 is 2.57 bits per heavy atom. The molecule has 2 N–H and O–H groups in total. The molecule has 0 heterocycles. The van der Waals surface area contributed by atoms with Crippen LogP contribution in [-0.2, 0) is 9.59 Å². The van der Waals surface area contributed by atoms with Crippen LogP contribution in [0.1, 0.15) is 18.9 Å². The molecule has 0 aliphatic rings. The third-order valence-corrected chi connectivity index (χ3v) is 4.29. The quantitative estimate of drug-likeness (QED) is 0.243. The van der Waals surface area contributed by atoms with Crippen LogP contribution < -0.4 is 20.2 Å². The van der Waals surface area contributed by atoms with E-state index in [1.165, 1.54) is 12.3 Å². The molecule has 0 aromatic heterocycles. The fraction of sp³-hybridized carbons (Fsp3) is 0.190. The highest BCUT2D eigenvalue weighted by molar-refractivity contribution is 6.42. The Bertz CT molecular complexity index is 948. The number of hydrogen-bond acceptors (Lipinski definition) is 5. The molecule has 2 amide bonds. The fourth-order valence-corrected chi connectivity index (χ4v) is 2.58. The highest BCUT2D eigenvalue weighted by Crippen LogP contribution is 2.28. The first-order valence-corrected chi connectivity index (χ1v) is 9.75. The molecule has 0 atom stereocenters. The lowest BCUT2D eigenvalue weighted by molar-refractivity contribution is -0.126. The van der Waals surface area contributed by atoms with Crippen molar-refractivity contribution >= 4 is 46.9 Å². The van der Waals surface area contributed by atoms with Crippen molar-refractivity contribution in [3.05, 3.63) is 64.7 Å². The van der Waals surface area contributed by atoms with E-state index in [9.17, 15) is 9.59 Å². The Labute approximate surface area is 184 Å². The van der Waals surface area contributed by atoms with E-state index in [1.54, 1.807) is 36.4 Å². The second-order valence-electron chi connectivity index (χ2n) is 5.89. The van der Waals surface area contributed by atoms with E-state index in [4.69, 9.17) is 32.7 Å². The Morgan fingerprint density at radius 2 is 1.87 bits per heavy atom. The van der Waals surface area contributed by atoms with Gasteiger partial charge in [0.15, 0.2) is 11.5 Å². The predicted molar refractivity (Wildman–Crippen MR) is 119 cm³/mol. The van der Waals surface area contributed by atoms with Crippen molar-refractivity contribution in [3.8, 4) is 11.5 Å². The molecule has 9 heteroatoms. The molecule has 2 rings (SSSR count). The Hall–Kier alpha value is -3.03. The minimum absolute atomic E-state index is 0.302. The normalized spacial score (nSPS) is 10.5. The number of anilines is 1. The molecule has 0 radical (unpaired) electrons. The minimum Gasteiger partial charge on any atom is -0.490 e. The molecule has 158 valence electrons. The lowest BCUT2D eigenvalue weighted by Gasteiger charge is -2.11. The molecule has 2 aromatic rings. The van der Waals surface area contributed by atoms with Gasteiger partial charge >= 0.3 is 0 Å². The van der Waals surface area contributed by atoms with Crippen LogP contribution >= 0.6 is 23.2 Å². The summed E-state index contributed by atoms with van der Waals surface area (Å²) in [5.74, 6) is 0.0516. The van der Waals surface area contributed by atoms with Crippen LogP contribution in [0.5, 0.6) is 11.5 Å². The first-order chi connectivity index (χ1) is 14.4. The number of ether oxygens (including phenoxy) is 2. The topological polar surface area (TPSA) is 89.0 Å². The number of hydrazone groups is 1. The number of halogens is 2. The number of nitrogens with zero attached hydrogens (tertiary/aromatic N) is 1. The summed E-state index contributed by atoms with van der Waals surface area (Å²) in [6, 6.07) is 9.86. The zero-order chi connectivity index (χ0) is 21.9. The molecule has 0 saturated carbocycles. The van der Waals surface area contributed by atoms with Gasteiger partial charge < -0.3 is 14.8 Å². The van der Waals surface area contributed by atoms with Crippen LogP contribution in [0.3, 0.4) is 0 Å². The van der Waals surface area contributed by atoms with Gasteiger partial charge in [-0.1, -0.05) is 35.9 Å². The Morgan fingerprint density at radius 1 is 1.07 bits per heavy atom. The molecule has 2 aromatic carbocycles. The summed E-state index contributed by atoms with van der Waals surface area (Å²) in [6.07, 6.45) is 2.67. The van der Waals surface area contributed by atoms with Gasteiger partial charge in [-0.25, -0.2) is 5.43 Å². The van der Waals surface area contributed by atoms with Crippen LogP contribution in [0, 0.1) is 0 Å². The van der Waals surface area contributed by atoms with E-state index in [0.717, 1.165) is 0 Å². The molecule has 7 nitrogen and oxygen atoms in total. The van der Waals surface area contributed by atoms with E-state index in [-0.39, 0.29) is 0 Å². The molecule has 0 aliphatic carbocycles. The van der Waals surface area contributed by atoms with E-state index in [0.29, 0.717) is 46.0 Å². The number of nitrogens with one attached hydrogen (secondary N) is 2. The number of carbonyl (C=O) groups is 2. The molecule has 30 heavy (non-hydrogen) atoms. The van der Waals surface area contributed by atoms with Crippen molar-refractivity contribution in [2.45, 2.75) is 13.3 Å². The van der Waals surface area contributed by atoms with Crippen LogP contribution in [0.4, 0.5) is 5.69 Å². The van der Waals surface area contributed by atoms with Crippen LogP contribution in [0.15, 0.2) is 54.2 Å². The molecule has 0 bridgehead atoms. The summed E-state index contributed by atoms with van der Waals surface area (Å²) in [7, 11) is 0. The van der Waals surface area contributed by atoms with Gasteiger partial charge in [-0.3, -0.25) is 9.59 Å². The molecule has 0 spiro atoms. The maximum atomic E-state index is 12.0. The summed E-state index contributed by atoms with van der Waals surface area (Å²) < 4.78 is 11.1. The van der Waals surface area contributed by atoms with Gasteiger partial charge in [0.05, 0.1) is 22.9 Å². The first-order valence-electron chi connectivity index (χ1n) is 9.00. The van der Waals surface area contributed by atoms with Crippen molar-refractivity contribution in [2.75, 3.05) is 18.5 Å². The lowest BCUT2D eigenvalue weighted by atomic mass is 10.2. The van der Waals surface area contributed by atoms with Gasteiger partial charge in [0, 0.05) is 5.69 Å². The van der Waals surface area contributed by atoms with Crippen molar-refractivity contribution in [2.24, 2.45) is 5.10 Å². The zero-order valence-corrected chi connectivity index (χ0v) is 17.8. The number of carbonyl (C=O) groups excluding carboxylic acids is 2. The van der Waals surface area contributed by atoms with Crippen LogP contribution in [-0.4, -0.2) is 31.2 Å². The van der Waals surface area contributed by atoms with Crippen LogP contribution in [0.25, 0.3) is 0 Å². The lowest BCUT2D eigenvalue weighted by Crippen LogP contribution is -2.24. The van der Waals surface area contributed by atoms with Crippen molar-refractivity contribution < 1.29 is 19.1 Å². The van der Waals surface area contributed by atoms with Crippen molar-refractivity contribution in [3.63, 3.8) is 0 Å². The maximum absolute atomic E-state index is 12.0. The number of hydrogen-bond donors (Lipinski definition) is 2. The summed E-state index contributed by atoms with van der Waals surface area (Å²) in [4.78, 5) is 23.9. The third kappa shape index (κ3) is 7.42. The summed E-state index contributed by atoms with van der Waals surface area (Å²) in [6.45, 7) is 6.30. The average molecular weight is 450 g/mol. The maximum Gasteiger partial charge on any atom is 0.249 e. The van der Waals surface area contributed by atoms with Gasteiger partial charge in [0.25, 0.3) is 0 Å². The number of amides is 2. The van der Waals surface area contributed by atoms with Gasteiger partial charge in [0.2, 0.25) is 11.8 Å². The third-order valence-electron chi connectivity index (χ3n) is 3.55. The zero-order valence-electron chi connectivity index (χ0n) is 16.3. The molecular formula is C21H21Cl2N3O4. The molecular weight excluding hydrogens is 429 g/mol. The first kappa shape index (κ1) is 23.3. The standard InChI is InChI=1S/C21H21Cl2N3O4/c1-3-9-30-18-8-5-14(10-19(18)29-4-2)13-24-26-21(28)12-20(27)25-15-6-7-16(22)17(23)11-15/h3,5-8,10-11,13H,1,4,9,12H2,2H3,(H,25,27)(H,26,28)/b24-13-. The van der Waals surface area contributed by atoms with E-state index >= 15 is 0 Å². The average Bonchev–Trinajstić information content (AvgIpc) is 2.70. The summed E-state index contributed by atoms with van der Waals surface area (Å²) in [5.41, 5.74) is 3.43.